The molecule has 0 bridgehead atoms. The van der Waals surface area contributed by atoms with Crippen molar-refractivity contribution >= 4 is 21.6 Å². The Balaban J connectivity index is 1.67. The zero-order valence-corrected chi connectivity index (χ0v) is 13.5. The fraction of sp³-hybridized carbons (Fsp3) is 0.533. The van der Waals surface area contributed by atoms with E-state index in [9.17, 15) is 13.2 Å². The van der Waals surface area contributed by atoms with Crippen LogP contribution < -0.4 is 5.32 Å². The van der Waals surface area contributed by atoms with Crippen LogP contribution in [0.25, 0.3) is 0 Å². The average molecular weight is 340 g/mol. The van der Waals surface area contributed by atoms with Crippen molar-refractivity contribution in [3.8, 4) is 0 Å². The Morgan fingerprint density at radius 2 is 1.83 bits per heavy atom. The number of hydrogen-bond donors (Lipinski definition) is 1. The minimum atomic E-state index is -3.51. The van der Waals surface area contributed by atoms with Crippen molar-refractivity contribution in [3.63, 3.8) is 0 Å². The van der Waals surface area contributed by atoms with E-state index in [2.05, 4.69) is 5.32 Å². The minimum absolute atomic E-state index is 0.189. The molecule has 126 valence electrons. The molecule has 3 rings (SSSR count). The molecular formula is C15H20N2O5S. The smallest absolute Gasteiger partial charge is 0.253 e. The first-order valence-corrected chi connectivity index (χ1v) is 9.12. The van der Waals surface area contributed by atoms with E-state index in [0.717, 1.165) is 12.8 Å². The Bertz CT molecular complexity index is 647. The third kappa shape index (κ3) is 3.72. The number of benzene rings is 1. The van der Waals surface area contributed by atoms with Gasteiger partial charge in [0, 0.05) is 25.4 Å². The molecule has 23 heavy (non-hydrogen) atoms. The van der Waals surface area contributed by atoms with Gasteiger partial charge in [0.1, 0.15) is 6.10 Å². The van der Waals surface area contributed by atoms with Crippen LogP contribution in [-0.4, -0.2) is 57.6 Å². The number of carbonyl (C=O) groups excluding carboxylic acids is 1. The predicted octanol–water partition coefficient (Wildman–Crippen LogP) is 0.825. The monoisotopic (exact) mass is 340 g/mol. The highest BCUT2D eigenvalue weighted by molar-refractivity contribution is 7.89. The van der Waals surface area contributed by atoms with E-state index < -0.39 is 16.1 Å². The van der Waals surface area contributed by atoms with Crippen LogP contribution in [0.2, 0.25) is 0 Å². The molecule has 1 aromatic carbocycles. The van der Waals surface area contributed by atoms with Gasteiger partial charge < -0.3 is 14.8 Å². The molecule has 8 heteroatoms. The third-order valence-electron chi connectivity index (χ3n) is 3.95. The zero-order valence-electron chi connectivity index (χ0n) is 12.7. The number of nitrogens with zero attached hydrogens (tertiary/aromatic N) is 1. The molecule has 1 aromatic rings. The largest absolute Gasteiger partial charge is 0.379 e. The van der Waals surface area contributed by atoms with Gasteiger partial charge in [-0.1, -0.05) is 0 Å². The van der Waals surface area contributed by atoms with Gasteiger partial charge in [-0.2, -0.15) is 4.31 Å². The number of ether oxygens (including phenoxy) is 2. The topological polar surface area (TPSA) is 84.9 Å². The quantitative estimate of drug-likeness (QED) is 0.877. The summed E-state index contributed by atoms with van der Waals surface area (Å²) >= 11 is 0. The molecule has 1 amide bonds. The molecule has 0 unspecified atom stereocenters. The highest BCUT2D eigenvalue weighted by Gasteiger charge is 2.27. The van der Waals surface area contributed by atoms with Crippen molar-refractivity contribution in [3.05, 3.63) is 24.3 Å². The van der Waals surface area contributed by atoms with Crippen molar-refractivity contribution in [1.29, 1.82) is 0 Å². The van der Waals surface area contributed by atoms with Crippen LogP contribution in [0.4, 0.5) is 5.69 Å². The fourth-order valence-corrected chi connectivity index (χ4v) is 4.06. The molecule has 2 saturated heterocycles. The number of amides is 1. The summed E-state index contributed by atoms with van der Waals surface area (Å²) in [6.45, 7) is 2.15. The maximum atomic E-state index is 12.5. The summed E-state index contributed by atoms with van der Waals surface area (Å²) in [6, 6.07) is 6.21. The van der Waals surface area contributed by atoms with Crippen molar-refractivity contribution in [2.75, 3.05) is 38.2 Å². The summed E-state index contributed by atoms with van der Waals surface area (Å²) in [5, 5.41) is 2.75. The Hall–Kier alpha value is -1.48. The lowest BCUT2D eigenvalue weighted by molar-refractivity contribution is -0.124. The van der Waals surface area contributed by atoms with Gasteiger partial charge in [0.25, 0.3) is 5.91 Å². The van der Waals surface area contributed by atoms with Crippen molar-refractivity contribution in [2.45, 2.75) is 23.8 Å². The maximum Gasteiger partial charge on any atom is 0.253 e. The van der Waals surface area contributed by atoms with E-state index in [-0.39, 0.29) is 10.8 Å². The molecule has 0 aromatic heterocycles. The second-order valence-electron chi connectivity index (χ2n) is 5.53. The van der Waals surface area contributed by atoms with Gasteiger partial charge in [-0.3, -0.25) is 4.79 Å². The lowest BCUT2D eigenvalue weighted by atomic mass is 10.2. The SMILES string of the molecule is O=C(Nc1ccc(S(=O)(=O)N2CCOCC2)cc1)[C@H]1CCCO1. The molecule has 2 fully saturated rings. The molecular weight excluding hydrogens is 320 g/mol. The molecule has 2 aliphatic rings. The summed E-state index contributed by atoms with van der Waals surface area (Å²) < 4.78 is 36.9. The van der Waals surface area contributed by atoms with E-state index in [0.29, 0.717) is 38.6 Å². The number of hydrogen-bond acceptors (Lipinski definition) is 5. The van der Waals surface area contributed by atoms with E-state index >= 15 is 0 Å². The van der Waals surface area contributed by atoms with Crippen LogP contribution in [0.5, 0.6) is 0 Å². The van der Waals surface area contributed by atoms with E-state index in [1.807, 2.05) is 0 Å². The molecule has 2 heterocycles. The first-order chi connectivity index (χ1) is 11.1. The molecule has 7 nitrogen and oxygen atoms in total. The van der Waals surface area contributed by atoms with Gasteiger partial charge in [-0.05, 0) is 37.1 Å². The molecule has 1 atom stereocenters. The van der Waals surface area contributed by atoms with Crippen LogP contribution in [0.15, 0.2) is 29.2 Å². The first-order valence-electron chi connectivity index (χ1n) is 7.68. The van der Waals surface area contributed by atoms with Gasteiger partial charge in [-0.25, -0.2) is 8.42 Å². The van der Waals surface area contributed by atoms with Gasteiger partial charge in [0.05, 0.1) is 18.1 Å². The summed E-state index contributed by atoms with van der Waals surface area (Å²) in [4.78, 5) is 12.2. The Kier molecular flexibility index (Phi) is 4.96. The molecule has 0 spiro atoms. The predicted molar refractivity (Wildman–Crippen MR) is 83.6 cm³/mol. The van der Waals surface area contributed by atoms with Crippen LogP contribution in [-0.2, 0) is 24.3 Å². The lowest BCUT2D eigenvalue weighted by Crippen LogP contribution is -2.40. The van der Waals surface area contributed by atoms with Crippen molar-refractivity contribution < 1.29 is 22.7 Å². The molecule has 2 aliphatic heterocycles. The standard InChI is InChI=1S/C15H20N2O5S/c18-15(14-2-1-9-22-14)16-12-3-5-13(6-4-12)23(19,20)17-7-10-21-11-8-17/h3-6,14H,1-2,7-11H2,(H,16,18)/t14-/m1/s1. The number of morpholine rings is 1. The molecule has 0 saturated carbocycles. The molecule has 0 radical (unpaired) electrons. The Morgan fingerprint density at radius 1 is 1.13 bits per heavy atom. The number of rotatable bonds is 4. The van der Waals surface area contributed by atoms with Crippen LogP contribution in [0.3, 0.4) is 0 Å². The lowest BCUT2D eigenvalue weighted by Gasteiger charge is -2.26. The van der Waals surface area contributed by atoms with Gasteiger partial charge in [0.15, 0.2) is 0 Å². The highest BCUT2D eigenvalue weighted by atomic mass is 32.2. The highest BCUT2D eigenvalue weighted by Crippen LogP contribution is 2.20. The zero-order chi connectivity index (χ0) is 16.3. The third-order valence-corrected chi connectivity index (χ3v) is 5.86. The Morgan fingerprint density at radius 3 is 2.43 bits per heavy atom. The molecule has 0 aliphatic carbocycles. The normalized spacial score (nSPS) is 22.9. The van der Waals surface area contributed by atoms with Crippen LogP contribution in [0.1, 0.15) is 12.8 Å². The molecule has 1 N–H and O–H groups in total. The van der Waals surface area contributed by atoms with Gasteiger partial charge in [-0.15, -0.1) is 0 Å². The van der Waals surface area contributed by atoms with E-state index in [1.54, 1.807) is 12.1 Å². The summed E-state index contributed by atoms with van der Waals surface area (Å²) in [5.74, 6) is -0.189. The van der Waals surface area contributed by atoms with E-state index in [4.69, 9.17) is 9.47 Å². The Labute approximate surface area is 135 Å². The second kappa shape index (κ2) is 6.96. The van der Waals surface area contributed by atoms with Crippen molar-refractivity contribution in [1.82, 2.24) is 4.31 Å². The van der Waals surface area contributed by atoms with Gasteiger partial charge in [0.2, 0.25) is 10.0 Å². The van der Waals surface area contributed by atoms with Crippen LogP contribution >= 0.6 is 0 Å². The van der Waals surface area contributed by atoms with Crippen molar-refractivity contribution in [2.24, 2.45) is 0 Å². The fourth-order valence-electron chi connectivity index (χ4n) is 2.65. The average Bonchev–Trinajstić information content (AvgIpc) is 3.11. The number of anilines is 1. The van der Waals surface area contributed by atoms with E-state index in [1.165, 1.54) is 16.4 Å². The number of nitrogens with one attached hydrogen (secondary N) is 1. The number of carbonyl (C=O) groups is 1. The van der Waals surface area contributed by atoms with Gasteiger partial charge >= 0.3 is 0 Å². The second-order valence-corrected chi connectivity index (χ2v) is 7.47. The maximum absolute atomic E-state index is 12.5. The van der Waals surface area contributed by atoms with Crippen LogP contribution in [0, 0.1) is 0 Å². The summed E-state index contributed by atoms with van der Waals surface area (Å²) in [5.41, 5.74) is 0.562. The number of sulfonamides is 1. The first kappa shape index (κ1) is 16.4. The minimum Gasteiger partial charge on any atom is -0.379 e. The summed E-state index contributed by atoms with van der Waals surface area (Å²) in [6.07, 6.45) is 1.19. The summed E-state index contributed by atoms with van der Waals surface area (Å²) in [7, 11) is -3.51.